The number of likely N-dealkylation sites (tertiary alicyclic amines) is 1. The van der Waals surface area contributed by atoms with Crippen molar-refractivity contribution in [3.05, 3.63) is 35.9 Å². The van der Waals surface area contributed by atoms with Gasteiger partial charge in [0.15, 0.2) is 0 Å². The lowest BCUT2D eigenvalue weighted by atomic mass is 9.81. The maximum atomic E-state index is 2.60. The van der Waals surface area contributed by atoms with E-state index in [1.165, 1.54) is 57.3 Å². The van der Waals surface area contributed by atoms with Crippen LogP contribution in [0.3, 0.4) is 0 Å². The van der Waals surface area contributed by atoms with Gasteiger partial charge >= 0.3 is 0 Å². The van der Waals surface area contributed by atoms with E-state index in [-0.39, 0.29) is 0 Å². The Balaban J connectivity index is 0.000000228. The molecule has 2 fully saturated rings. The molecule has 3 rings (SSSR count). The average Bonchev–Trinajstić information content (AvgIpc) is 2.84. The maximum absolute atomic E-state index is 2.60. The Morgan fingerprint density at radius 3 is 2.04 bits per heavy atom. The van der Waals surface area contributed by atoms with Crippen LogP contribution in [0.25, 0.3) is 0 Å². The predicted octanol–water partition coefficient (Wildman–Crippen LogP) is 6.82. The van der Waals surface area contributed by atoms with Crippen LogP contribution in [0.15, 0.2) is 30.3 Å². The van der Waals surface area contributed by atoms with E-state index in [1.54, 1.807) is 0 Å². The van der Waals surface area contributed by atoms with Crippen LogP contribution in [0.4, 0.5) is 0 Å². The van der Waals surface area contributed by atoms with Crippen molar-refractivity contribution in [1.82, 2.24) is 4.90 Å². The third kappa shape index (κ3) is 9.45. The monoisotopic (exact) mass is 345 g/mol. The number of hydrogen-bond donors (Lipinski definition) is 0. The molecule has 1 aromatic rings. The Hall–Kier alpha value is -0.820. The second-order valence-electron chi connectivity index (χ2n) is 9.67. The van der Waals surface area contributed by atoms with Crippen LogP contribution in [-0.4, -0.2) is 24.5 Å². The van der Waals surface area contributed by atoms with Crippen molar-refractivity contribution < 1.29 is 0 Å². The molecule has 1 heterocycles. The Morgan fingerprint density at radius 2 is 1.64 bits per heavy atom. The predicted molar refractivity (Wildman–Crippen MR) is 113 cm³/mol. The highest BCUT2D eigenvalue weighted by atomic mass is 15.2. The maximum Gasteiger partial charge on any atom is 0.00334 e. The lowest BCUT2D eigenvalue weighted by molar-refractivity contribution is 0.208. The van der Waals surface area contributed by atoms with E-state index in [4.69, 9.17) is 0 Å². The third-order valence-corrected chi connectivity index (χ3v) is 5.05. The Kier molecular flexibility index (Phi) is 9.21. The third-order valence-electron chi connectivity index (χ3n) is 5.05. The first-order chi connectivity index (χ1) is 11.7. The number of nitrogens with zero attached hydrogens (tertiary/aromatic N) is 1. The first kappa shape index (κ1) is 22.2. The van der Waals surface area contributed by atoms with Crippen molar-refractivity contribution in [3.63, 3.8) is 0 Å². The van der Waals surface area contributed by atoms with Crippen LogP contribution in [0, 0.1) is 16.7 Å². The van der Waals surface area contributed by atoms with Crippen molar-refractivity contribution >= 4 is 0 Å². The second-order valence-corrected chi connectivity index (χ2v) is 9.67. The minimum Gasteiger partial charge on any atom is -0.302 e. The molecule has 1 aromatic carbocycles. The van der Waals surface area contributed by atoms with Crippen LogP contribution >= 0.6 is 0 Å². The van der Waals surface area contributed by atoms with Gasteiger partial charge in [0, 0.05) is 13.1 Å². The SMILES string of the molecule is CC.CC(C)(C)CN1CCC(C)(C)C1.c1ccc(CC2CCC2)cc1. The Bertz CT molecular complexity index is 451. The fraction of sp³-hybridized carbons (Fsp3) is 0.750. The quantitative estimate of drug-likeness (QED) is 0.581. The molecule has 1 saturated heterocycles. The molecule has 1 heteroatoms. The zero-order chi connectivity index (χ0) is 18.9. The van der Waals surface area contributed by atoms with Crippen LogP contribution in [0.1, 0.15) is 79.7 Å². The van der Waals surface area contributed by atoms with Crippen molar-refractivity contribution in [1.29, 1.82) is 0 Å². The van der Waals surface area contributed by atoms with Gasteiger partial charge in [-0.2, -0.15) is 0 Å². The lowest BCUT2D eigenvalue weighted by Gasteiger charge is -2.27. The molecule has 0 bridgehead atoms. The molecule has 0 amide bonds. The minimum absolute atomic E-state index is 0.459. The van der Waals surface area contributed by atoms with Crippen molar-refractivity contribution in [2.45, 2.75) is 80.6 Å². The minimum atomic E-state index is 0.459. The van der Waals surface area contributed by atoms with Gasteiger partial charge in [-0.3, -0.25) is 0 Å². The topological polar surface area (TPSA) is 3.24 Å². The molecule has 1 nitrogen and oxygen atoms in total. The summed E-state index contributed by atoms with van der Waals surface area (Å²) in [6.07, 6.45) is 7.03. The molecular formula is C24H43N. The van der Waals surface area contributed by atoms with E-state index in [2.05, 4.69) is 69.9 Å². The van der Waals surface area contributed by atoms with E-state index in [0.717, 1.165) is 5.92 Å². The van der Waals surface area contributed by atoms with E-state index < -0.39 is 0 Å². The molecule has 2 aliphatic rings. The zero-order valence-electron chi connectivity index (χ0n) is 18.1. The first-order valence-corrected chi connectivity index (χ1v) is 10.5. The van der Waals surface area contributed by atoms with E-state index >= 15 is 0 Å². The molecule has 1 aliphatic carbocycles. The van der Waals surface area contributed by atoms with Gasteiger partial charge in [0.1, 0.15) is 0 Å². The Morgan fingerprint density at radius 1 is 1.04 bits per heavy atom. The smallest absolute Gasteiger partial charge is 0.00334 e. The molecule has 25 heavy (non-hydrogen) atoms. The highest BCUT2D eigenvalue weighted by Crippen LogP contribution is 2.31. The van der Waals surface area contributed by atoms with Crippen LogP contribution in [0.2, 0.25) is 0 Å². The fourth-order valence-corrected chi connectivity index (χ4v) is 3.67. The van der Waals surface area contributed by atoms with Crippen LogP contribution < -0.4 is 0 Å². The van der Waals surface area contributed by atoms with Gasteiger partial charge in [-0.05, 0) is 41.7 Å². The Labute approximate surface area is 158 Å². The van der Waals surface area contributed by atoms with Crippen molar-refractivity contribution in [2.24, 2.45) is 16.7 Å². The summed E-state index contributed by atoms with van der Waals surface area (Å²) in [7, 11) is 0. The van der Waals surface area contributed by atoms with Crippen molar-refractivity contribution in [3.8, 4) is 0 Å². The second kappa shape index (κ2) is 10.4. The molecule has 0 N–H and O–H groups in total. The highest BCUT2D eigenvalue weighted by Gasteiger charge is 2.30. The first-order valence-electron chi connectivity index (χ1n) is 10.5. The summed E-state index contributed by atoms with van der Waals surface area (Å²) < 4.78 is 0. The number of rotatable bonds is 3. The van der Waals surface area contributed by atoms with E-state index in [1.807, 2.05) is 13.8 Å². The number of benzene rings is 1. The summed E-state index contributed by atoms with van der Waals surface area (Å²) in [6.45, 7) is 19.5. The summed E-state index contributed by atoms with van der Waals surface area (Å²) in [6, 6.07) is 10.8. The van der Waals surface area contributed by atoms with Gasteiger partial charge in [-0.25, -0.2) is 0 Å². The van der Waals surface area contributed by atoms with Crippen LogP contribution in [-0.2, 0) is 6.42 Å². The molecule has 0 unspecified atom stereocenters. The van der Waals surface area contributed by atoms with Gasteiger partial charge in [0.05, 0.1) is 0 Å². The molecule has 0 aromatic heterocycles. The van der Waals surface area contributed by atoms with Gasteiger partial charge in [0.25, 0.3) is 0 Å². The average molecular weight is 346 g/mol. The zero-order valence-corrected chi connectivity index (χ0v) is 18.1. The van der Waals surface area contributed by atoms with Crippen molar-refractivity contribution in [2.75, 3.05) is 19.6 Å². The lowest BCUT2D eigenvalue weighted by Crippen LogP contribution is -2.31. The number of hydrogen-bond acceptors (Lipinski definition) is 1. The van der Waals surface area contributed by atoms with Crippen LogP contribution in [0.5, 0.6) is 0 Å². The molecule has 0 spiro atoms. The summed E-state index contributed by atoms with van der Waals surface area (Å²) >= 11 is 0. The highest BCUT2D eigenvalue weighted by molar-refractivity contribution is 5.15. The summed E-state index contributed by atoms with van der Waals surface area (Å²) in [5.74, 6) is 0.998. The standard InChI is InChI=1S/C11H23N.C11H14.C2H6/c1-10(2,3)8-12-7-6-11(4,5)9-12;1-2-5-10(6-3-1)9-11-7-4-8-11;1-2/h6-9H2,1-5H3;1-3,5-6,11H,4,7-9H2;1-2H3. The molecule has 0 radical (unpaired) electrons. The molecular weight excluding hydrogens is 302 g/mol. The fourth-order valence-electron chi connectivity index (χ4n) is 3.67. The normalized spacial score (nSPS) is 20.0. The molecule has 1 aliphatic heterocycles. The van der Waals surface area contributed by atoms with E-state index in [9.17, 15) is 0 Å². The molecule has 1 saturated carbocycles. The van der Waals surface area contributed by atoms with Gasteiger partial charge in [-0.15, -0.1) is 0 Å². The summed E-state index contributed by atoms with van der Waals surface area (Å²) in [4.78, 5) is 2.60. The molecule has 144 valence electrons. The molecule has 0 atom stereocenters. The summed E-state index contributed by atoms with van der Waals surface area (Å²) in [5, 5.41) is 0. The summed E-state index contributed by atoms with van der Waals surface area (Å²) in [5.41, 5.74) is 2.53. The van der Waals surface area contributed by atoms with Gasteiger partial charge in [-0.1, -0.05) is 98.1 Å². The largest absolute Gasteiger partial charge is 0.302 e. The van der Waals surface area contributed by atoms with E-state index in [0.29, 0.717) is 10.8 Å². The van der Waals surface area contributed by atoms with Gasteiger partial charge in [0.2, 0.25) is 0 Å². The van der Waals surface area contributed by atoms with Gasteiger partial charge < -0.3 is 4.90 Å².